The molecular formula is C14H20N2O4S. The lowest BCUT2D eigenvalue weighted by Crippen LogP contribution is -2.30. The number of ether oxygens (including phenoxy) is 1. The normalized spacial score (nSPS) is 16.0. The molecule has 0 aromatic heterocycles. The molecule has 116 valence electrons. The number of benzene rings is 1. The molecule has 1 aromatic rings. The average molecular weight is 312 g/mol. The molecule has 0 saturated heterocycles. The third-order valence-electron chi connectivity index (χ3n) is 3.74. The Labute approximate surface area is 124 Å². The highest BCUT2D eigenvalue weighted by molar-refractivity contribution is 7.89. The van der Waals surface area contributed by atoms with Crippen LogP contribution in [0.3, 0.4) is 0 Å². The molecule has 7 heteroatoms. The molecule has 1 saturated carbocycles. The van der Waals surface area contributed by atoms with Crippen molar-refractivity contribution >= 4 is 21.7 Å². The number of hydrogen-bond acceptors (Lipinski definition) is 5. The minimum Gasteiger partial charge on any atom is -0.465 e. The summed E-state index contributed by atoms with van der Waals surface area (Å²) < 4.78 is 32.0. The van der Waals surface area contributed by atoms with Crippen LogP contribution in [0.1, 0.15) is 36.0 Å². The number of nitrogen functional groups attached to an aromatic ring is 1. The molecule has 1 aliphatic carbocycles. The number of hydrogen-bond donors (Lipinski definition) is 2. The summed E-state index contributed by atoms with van der Waals surface area (Å²) in [5.74, 6) is -0.335. The molecule has 2 rings (SSSR count). The average Bonchev–Trinajstić information content (AvgIpc) is 2.98. The summed E-state index contributed by atoms with van der Waals surface area (Å²) in [6.45, 7) is 0.387. The van der Waals surface area contributed by atoms with Crippen molar-refractivity contribution in [1.29, 1.82) is 0 Å². The van der Waals surface area contributed by atoms with E-state index in [1.807, 2.05) is 0 Å². The highest BCUT2D eigenvalue weighted by Crippen LogP contribution is 2.25. The predicted octanol–water partition coefficient (Wildman–Crippen LogP) is 1.52. The van der Waals surface area contributed by atoms with Crippen molar-refractivity contribution in [2.24, 2.45) is 5.92 Å². The van der Waals surface area contributed by atoms with E-state index in [-0.39, 0.29) is 16.1 Å². The second kappa shape index (κ2) is 6.44. The van der Waals surface area contributed by atoms with Gasteiger partial charge in [-0.2, -0.15) is 0 Å². The Bertz CT molecular complexity index is 622. The Morgan fingerprint density at radius 2 is 2.05 bits per heavy atom. The molecule has 1 aliphatic rings. The van der Waals surface area contributed by atoms with Crippen molar-refractivity contribution in [1.82, 2.24) is 4.72 Å². The molecule has 0 spiro atoms. The summed E-state index contributed by atoms with van der Waals surface area (Å²) in [6, 6.07) is 4.12. The molecule has 21 heavy (non-hydrogen) atoms. The van der Waals surface area contributed by atoms with Gasteiger partial charge in [0.1, 0.15) is 0 Å². The number of nitrogens with one attached hydrogen (secondary N) is 1. The Morgan fingerprint density at radius 3 is 2.67 bits per heavy atom. The van der Waals surface area contributed by atoms with E-state index < -0.39 is 16.0 Å². The van der Waals surface area contributed by atoms with Gasteiger partial charge in [0.25, 0.3) is 0 Å². The number of carbonyl (C=O) groups excluding carboxylic acids is 1. The van der Waals surface area contributed by atoms with Crippen LogP contribution in [0.4, 0.5) is 5.69 Å². The van der Waals surface area contributed by atoms with Crippen LogP contribution in [0.5, 0.6) is 0 Å². The van der Waals surface area contributed by atoms with E-state index in [9.17, 15) is 13.2 Å². The van der Waals surface area contributed by atoms with Crippen molar-refractivity contribution in [3.05, 3.63) is 23.8 Å². The second-order valence-electron chi connectivity index (χ2n) is 5.25. The van der Waals surface area contributed by atoms with E-state index in [1.54, 1.807) is 0 Å². The molecule has 1 fully saturated rings. The highest BCUT2D eigenvalue weighted by Gasteiger charge is 2.25. The lowest BCUT2D eigenvalue weighted by atomic mass is 10.1. The first-order chi connectivity index (χ1) is 9.94. The summed E-state index contributed by atoms with van der Waals surface area (Å²) in [6.07, 6.45) is 4.34. The summed E-state index contributed by atoms with van der Waals surface area (Å²) in [4.78, 5) is 11.6. The Morgan fingerprint density at radius 1 is 1.38 bits per heavy atom. The second-order valence-corrected chi connectivity index (χ2v) is 6.98. The van der Waals surface area contributed by atoms with Gasteiger partial charge >= 0.3 is 5.97 Å². The fourth-order valence-electron chi connectivity index (χ4n) is 2.56. The van der Waals surface area contributed by atoms with Crippen LogP contribution in [0.2, 0.25) is 0 Å². The van der Waals surface area contributed by atoms with Crippen LogP contribution in [-0.2, 0) is 14.8 Å². The van der Waals surface area contributed by atoms with Gasteiger partial charge in [0.2, 0.25) is 10.0 Å². The maximum absolute atomic E-state index is 12.4. The van der Waals surface area contributed by atoms with E-state index in [2.05, 4.69) is 9.46 Å². The van der Waals surface area contributed by atoms with Gasteiger partial charge in [-0.1, -0.05) is 12.8 Å². The number of rotatable bonds is 5. The van der Waals surface area contributed by atoms with Crippen LogP contribution in [0.25, 0.3) is 0 Å². The third kappa shape index (κ3) is 3.74. The van der Waals surface area contributed by atoms with Gasteiger partial charge in [-0.25, -0.2) is 17.9 Å². The molecule has 0 aliphatic heterocycles. The quantitative estimate of drug-likeness (QED) is 0.634. The van der Waals surface area contributed by atoms with Crippen LogP contribution < -0.4 is 10.5 Å². The summed E-state index contributed by atoms with van der Waals surface area (Å²) in [5, 5.41) is 0. The topological polar surface area (TPSA) is 98.5 Å². The number of nitrogens with two attached hydrogens (primary N) is 1. The summed E-state index contributed by atoms with van der Waals surface area (Å²) in [7, 11) is -2.58. The Balaban J connectivity index is 2.25. The van der Waals surface area contributed by atoms with E-state index in [0.29, 0.717) is 12.5 Å². The summed E-state index contributed by atoms with van der Waals surface area (Å²) >= 11 is 0. The lowest BCUT2D eigenvalue weighted by molar-refractivity contribution is 0.0596. The molecule has 0 amide bonds. The maximum atomic E-state index is 12.4. The highest BCUT2D eigenvalue weighted by atomic mass is 32.2. The van der Waals surface area contributed by atoms with Crippen molar-refractivity contribution in [3.63, 3.8) is 0 Å². The van der Waals surface area contributed by atoms with E-state index in [4.69, 9.17) is 5.73 Å². The van der Waals surface area contributed by atoms with E-state index in [0.717, 1.165) is 25.7 Å². The van der Waals surface area contributed by atoms with Gasteiger partial charge in [0.15, 0.2) is 0 Å². The zero-order valence-electron chi connectivity index (χ0n) is 12.0. The number of esters is 1. The molecule has 0 unspecified atom stereocenters. The Hall–Kier alpha value is -1.60. The minimum absolute atomic E-state index is 0.00868. The van der Waals surface area contributed by atoms with Gasteiger partial charge < -0.3 is 10.5 Å². The van der Waals surface area contributed by atoms with Crippen LogP contribution in [0, 0.1) is 5.92 Å². The van der Waals surface area contributed by atoms with Gasteiger partial charge in [-0.3, -0.25) is 0 Å². The van der Waals surface area contributed by atoms with E-state index >= 15 is 0 Å². The molecular weight excluding hydrogens is 292 g/mol. The van der Waals surface area contributed by atoms with Crippen LogP contribution in [0.15, 0.2) is 23.1 Å². The fraction of sp³-hybridized carbons (Fsp3) is 0.500. The van der Waals surface area contributed by atoms with Crippen molar-refractivity contribution in [2.75, 3.05) is 19.4 Å². The molecule has 0 radical (unpaired) electrons. The van der Waals surface area contributed by atoms with Crippen LogP contribution in [-0.4, -0.2) is 28.0 Å². The fourth-order valence-corrected chi connectivity index (χ4v) is 3.90. The monoisotopic (exact) mass is 312 g/mol. The van der Waals surface area contributed by atoms with Gasteiger partial charge in [-0.05, 0) is 37.0 Å². The standard InChI is InChI=1S/C14H20N2O4S/c1-20-14(17)12-7-6-11(15)8-13(12)21(18,19)16-9-10-4-2-3-5-10/h6-8,10,16H,2-5,9,15H2,1H3. The minimum atomic E-state index is -3.79. The third-order valence-corrected chi connectivity index (χ3v) is 5.20. The first kappa shape index (κ1) is 15.8. The number of methoxy groups -OCH3 is 1. The molecule has 1 aromatic carbocycles. The van der Waals surface area contributed by atoms with Gasteiger partial charge in [0, 0.05) is 12.2 Å². The van der Waals surface area contributed by atoms with Gasteiger partial charge in [0.05, 0.1) is 17.6 Å². The lowest BCUT2D eigenvalue weighted by Gasteiger charge is -2.13. The Kier molecular flexibility index (Phi) is 4.84. The van der Waals surface area contributed by atoms with Crippen molar-refractivity contribution in [3.8, 4) is 0 Å². The van der Waals surface area contributed by atoms with Crippen molar-refractivity contribution in [2.45, 2.75) is 30.6 Å². The molecule has 3 N–H and O–H groups in total. The first-order valence-electron chi connectivity index (χ1n) is 6.91. The SMILES string of the molecule is COC(=O)c1ccc(N)cc1S(=O)(=O)NCC1CCCC1. The largest absolute Gasteiger partial charge is 0.465 e. The van der Waals surface area contributed by atoms with Crippen LogP contribution >= 0.6 is 0 Å². The summed E-state index contributed by atoms with van der Waals surface area (Å²) in [5.41, 5.74) is 5.91. The molecule has 6 nitrogen and oxygen atoms in total. The number of anilines is 1. The van der Waals surface area contributed by atoms with E-state index in [1.165, 1.54) is 25.3 Å². The molecule has 0 heterocycles. The molecule has 0 atom stereocenters. The number of carbonyl (C=O) groups is 1. The smallest absolute Gasteiger partial charge is 0.339 e. The van der Waals surface area contributed by atoms with Gasteiger partial charge in [-0.15, -0.1) is 0 Å². The maximum Gasteiger partial charge on any atom is 0.339 e. The predicted molar refractivity (Wildman–Crippen MR) is 79.3 cm³/mol. The van der Waals surface area contributed by atoms with Crippen molar-refractivity contribution < 1.29 is 17.9 Å². The first-order valence-corrected chi connectivity index (χ1v) is 8.40. The molecule has 0 bridgehead atoms. The number of sulfonamides is 1. The zero-order chi connectivity index (χ0) is 15.5. The zero-order valence-corrected chi connectivity index (χ0v) is 12.8.